The van der Waals surface area contributed by atoms with E-state index in [0.29, 0.717) is 16.1 Å². The molecule has 0 heterocycles. The summed E-state index contributed by atoms with van der Waals surface area (Å²) >= 11 is 4.04. The topological polar surface area (TPSA) is 49.8 Å². The highest BCUT2D eigenvalue weighted by Gasteiger charge is 1.98. The standard InChI is InChI=1S/C7H6N2S/c8-4-5-2-1-3-6(9)7(5)10/h1-3,10H,9H2. The lowest BCUT2D eigenvalue weighted by Gasteiger charge is -1.97. The van der Waals surface area contributed by atoms with Gasteiger partial charge in [0.05, 0.1) is 5.56 Å². The van der Waals surface area contributed by atoms with Gasteiger partial charge in [-0.2, -0.15) is 5.26 Å². The Kier molecular flexibility index (Phi) is 1.83. The molecule has 0 bridgehead atoms. The molecule has 0 atom stereocenters. The minimum atomic E-state index is 0.517. The zero-order valence-electron chi connectivity index (χ0n) is 5.20. The molecule has 10 heavy (non-hydrogen) atoms. The lowest BCUT2D eigenvalue weighted by atomic mass is 10.2. The zero-order chi connectivity index (χ0) is 7.56. The van der Waals surface area contributed by atoms with Crippen molar-refractivity contribution in [2.45, 2.75) is 4.90 Å². The largest absolute Gasteiger partial charge is 0.398 e. The summed E-state index contributed by atoms with van der Waals surface area (Å²) in [4.78, 5) is 0.560. The molecule has 0 saturated carbocycles. The number of thiol groups is 1. The zero-order valence-corrected chi connectivity index (χ0v) is 6.10. The molecule has 0 saturated heterocycles. The van der Waals surface area contributed by atoms with Gasteiger partial charge >= 0.3 is 0 Å². The van der Waals surface area contributed by atoms with Crippen molar-refractivity contribution in [1.82, 2.24) is 0 Å². The molecule has 0 aliphatic rings. The Morgan fingerprint density at radius 3 is 2.70 bits per heavy atom. The average Bonchev–Trinajstić information content (AvgIpc) is 1.95. The van der Waals surface area contributed by atoms with E-state index < -0.39 is 0 Å². The molecule has 2 nitrogen and oxygen atoms in total. The van der Waals surface area contributed by atoms with Gasteiger partial charge in [-0.05, 0) is 12.1 Å². The van der Waals surface area contributed by atoms with Crippen molar-refractivity contribution in [3.63, 3.8) is 0 Å². The molecule has 0 amide bonds. The van der Waals surface area contributed by atoms with Crippen LogP contribution >= 0.6 is 12.6 Å². The van der Waals surface area contributed by atoms with E-state index in [1.54, 1.807) is 18.2 Å². The number of anilines is 1. The Morgan fingerprint density at radius 1 is 1.50 bits per heavy atom. The van der Waals surface area contributed by atoms with Crippen molar-refractivity contribution in [3.05, 3.63) is 23.8 Å². The van der Waals surface area contributed by atoms with E-state index in [1.807, 2.05) is 6.07 Å². The molecular formula is C7H6N2S. The highest BCUT2D eigenvalue weighted by atomic mass is 32.1. The first-order valence-electron chi connectivity index (χ1n) is 2.73. The van der Waals surface area contributed by atoms with E-state index in [4.69, 9.17) is 11.0 Å². The van der Waals surface area contributed by atoms with Crippen molar-refractivity contribution in [2.24, 2.45) is 0 Å². The monoisotopic (exact) mass is 150 g/mol. The van der Waals surface area contributed by atoms with Gasteiger partial charge in [0.25, 0.3) is 0 Å². The van der Waals surface area contributed by atoms with Crippen LogP contribution < -0.4 is 5.73 Å². The number of benzene rings is 1. The summed E-state index contributed by atoms with van der Waals surface area (Å²) in [6.07, 6.45) is 0. The van der Waals surface area contributed by atoms with Crippen LogP contribution in [-0.4, -0.2) is 0 Å². The predicted molar refractivity (Wildman–Crippen MR) is 42.8 cm³/mol. The SMILES string of the molecule is N#Cc1cccc(N)c1S. The van der Waals surface area contributed by atoms with Gasteiger partial charge < -0.3 is 5.73 Å². The van der Waals surface area contributed by atoms with Crippen LogP contribution in [0.5, 0.6) is 0 Å². The van der Waals surface area contributed by atoms with Crippen molar-refractivity contribution < 1.29 is 0 Å². The highest BCUT2D eigenvalue weighted by molar-refractivity contribution is 7.80. The van der Waals surface area contributed by atoms with Gasteiger partial charge in [-0.25, -0.2) is 0 Å². The molecule has 0 fully saturated rings. The second-order valence-electron chi connectivity index (χ2n) is 1.86. The fourth-order valence-corrected chi connectivity index (χ4v) is 0.851. The maximum absolute atomic E-state index is 8.49. The van der Waals surface area contributed by atoms with Gasteiger partial charge in [0.1, 0.15) is 6.07 Å². The fourth-order valence-electron chi connectivity index (χ4n) is 0.652. The molecule has 0 spiro atoms. The van der Waals surface area contributed by atoms with Gasteiger partial charge in [-0.1, -0.05) is 6.07 Å². The molecule has 50 valence electrons. The maximum atomic E-state index is 8.49. The maximum Gasteiger partial charge on any atom is 0.100 e. The molecule has 0 aromatic heterocycles. The molecule has 1 aromatic rings. The first kappa shape index (κ1) is 6.97. The summed E-state index contributed by atoms with van der Waals surface area (Å²) in [5, 5.41) is 8.49. The Labute approximate surface area is 64.7 Å². The first-order valence-corrected chi connectivity index (χ1v) is 3.18. The third-order valence-corrected chi connectivity index (χ3v) is 1.69. The third kappa shape index (κ3) is 1.07. The number of nitrogens with two attached hydrogens (primary N) is 1. The van der Waals surface area contributed by atoms with Crippen molar-refractivity contribution in [2.75, 3.05) is 5.73 Å². The van der Waals surface area contributed by atoms with E-state index in [2.05, 4.69) is 12.6 Å². The first-order chi connectivity index (χ1) is 4.75. The lowest BCUT2D eigenvalue weighted by Crippen LogP contribution is -1.88. The van der Waals surface area contributed by atoms with E-state index in [0.717, 1.165) is 0 Å². The minimum Gasteiger partial charge on any atom is -0.398 e. The van der Waals surface area contributed by atoms with E-state index in [-0.39, 0.29) is 0 Å². The summed E-state index contributed by atoms with van der Waals surface area (Å²) in [6, 6.07) is 7.10. The summed E-state index contributed by atoms with van der Waals surface area (Å²) < 4.78 is 0. The molecule has 0 unspecified atom stereocenters. The van der Waals surface area contributed by atoms with Crippen LogP contribution in [0.25, 0.3) is 0 Å². The molecule has 0 radical (unpaired) electrons. The normalized spacial score (nSPS) is 8.80. The molecule has 3 heteroatoms. The van der Waals surface area contributed by atoms with Crippen molar-refractivity contribution in [3.8, 4) is 6.07 Å². The van der Waals surface area contributed by atoms with E-state index >= 15 is 0 Å². The molecule has 1 rings (SSSR count). The number of nitrogen functional groups attached to an aromatic ring is 1. The Hall–Kier alpha value is -1.14. The van der Waals surface area contributed by atoms with Crippen LogP contribution in [0.4, 0.5) is 5.69 Å². The van der Waals surface area contributed by atoms with Crippen LogP contribution in [0.2, 0.25) is 0 Å². The number of nitrogens with zero attached hydrogens (tertiary/aromatic N) is 1. The summed E-state index contributed by atoms with van der Waals surface area (Å²) in [5.41, 5.74) is 6.53. The van der Waals surface area contributed by atoms with Gasteiger partial charge in [-0.15, -0.1) is 12.6 Å². The van der Waals surface area contributed by atoms with Crippen LogP contribution in [0.3, 0.4) is 0 Å². The summed E-state index contributed by atoms with van der Waals surface area (Å²) in [5.74, 6) is 0. The Balaban J connectivity index is 3.31. The molecule has 0 aliphatic heterocycles. The van der Waals surface area contributed by atoms with Gasteiger partial charge in [0, 0.05) is 10.6 Å². The van der Waals surface area contributed by atoms with Crippen LogP contribution in [0, 0.1) is 11.3 Å². The third-order valence-electron chi connectivity index (χ3n) is 1.19. The lowest BCUT2D eigenvalue weighted by molar-refractivity contribution is 1.38. The molecule has 2 N–H and O–H groups in total. The van der Waals surface area contributed by atoms with E-state index in [9.17, 15) is 0 Å². The second-order valence-corrected chi connectivity index (χ2v) is 2.30. The van der Waals surface area contributed by atoms with Crippen LogP contribution in [0.15, 0.2) is 23.1 Å². The number of hydrogen-bond acceptors (Lipinski definition) is 3. The second kappa shape index (κ2) is 2.63. The number of rotatable bonds is 0. The van der Waals surface area contributed by atoms with Crippen LogP contribution in [0.1, 0.15) is 5.56 Å². The fraction of sp³-hybridized carbons (Fsp3) is 0. The van der Waals surface area contributed by atoms with E-state index in [1.165, 1.54) is 0 Å². The predicted octanol–water partition coefficient (Wildman–Crippen LogP) is 1.43. The van der Waals surface area contributed by atoms with Gasteiger partial charge in [0.2, 0.25) is 0 Å². The quantitative estimate of drug-likeness (QED) is 0.434. The summed E-state index contributed by atoms with van der Waals surface area (Å²) in [7, 11) is 0. The number of hydrogen-bond donors (Lipinski definition) is 2. The summed E-state index contributed by atoms with van der Waals surface area (Å²) in [6.45, 7) is 0. The molecule has 1 aromatic carbocycles. The van der Waals surface area contributed by atoms with Gasteiger partial charge in [0.15, 0.2) is 0 Å². The Morgan fingerprint density at radius 2 is 2.20 bits per heavy atom. The highest BCUT2D eigenvalue weighted by Crippen LogP contribution is 2.19. The Bertz CT molecular complexity index is 288. The average molecular weight is 150 g/mol. The van der Waals surface area contributed by atoms with Crippen molar-refractivity contribution >= 4 is 18.3 Å². The minimum absolute atomic E-state index is 0.517. The van der Waals surface area contributed by atoms with Crippen LogP contribution in [-0.2, 0) is 0 Å². The molecular weight excluding hydrogens is 144 g/mol. The smallest absolute Gasteiger partial charge is 0.100 e. The molecule has 0 aliphatic carbocycles. The van der Waals surface area contributed by atoms with Crippen molar-refractivity contribution in [1.29, 1.82) is 5.26 Å². The van der Waals surface area contributed by atoms with Gasteiger partial charge in [-0.3, -0.25) is 0 Å². The number of nitriles is 1.